The molecule has 2 rings (SSSR count). The summed E-state index contributed by atoms with van der Waals surface area (Å²) in [6.45, 7) is 2.27. The maximum atomic E-state index is 12.3. The summed E-state index contributed by atoms with van der Waals surface area (Å²) in [7, 11) is -0.128. The van der Waals surface area contributed by atoms with Gasteiger partial charge in [0.2, 0.25) is 0 Å². The molecule has 1 unspecified atom stereocenters. The van der Waals surface area contributed by atoms with E-state index in [1.54, 1.807) is 42.5 Å². The van der Waals surface area contributed by atoms with E-state index in [1.165, 1.54) is 0 Å². The van der Waals surface area contributed by atoms with Gasteiger partial charge in [-0.1, -0.05) is 28.1 Å². The van der Waals surface area contributed by atoms with Crippen molar-refractivity contribution < 1.29 is 14.1 Å². The lowest BCUT2D eigenvalue weighted by Crippen LogP contribution is -2.13. The molecule has 0 heterocycles. The zero-order valence-corrected chi connectivity index (χ0v) is 15.3. The van der Waals surface area contributed by atoms with Gasteiger partial charge in [-0.05, 0) is 42.8 Å². The van der Waals surface area contributed by atoms with Crippen molar-refractivity contribution in [2.45, 2.75) is 12.8 Å². The summed E-state index contributed by atoms with van der Waals surface area (Å²) in [6, 6.07) is 13.8. The molecule has 1 amide bonds. The van der Waals surface area contributed by atoms with Crippen LogP contribution in [0.1, 0.15) is 34.3 Å². The molecule has 0 saturated heterocycles. The van der Waals surface area contributed by atoms with Gasteiger partial charge in [0.1, 0.15) is 6.07 Å². The molecule has 0 aromatic heterocycles. The number of ether oxygens (including phenoxy) is 1. The van der Waals surface area contributed by atoms with Gasteiger partial charge in [0.15, 0.2) is 14.3 Å². The van der Waals surface area contributed by atoms with Crippen molar-refractivity contribution in [1.82, 2.24) is 0 Å². The van der Waals surface area contributed by atoms with E-state index in [1.807, 2.05) is 13.0 Å². The standard InChI is InChI=1S/C17H14BrN2O3P/c1-2-23-17(24-22)12-5-3-11(4-6-12)16(21)20-15-8-7-14(18)9-13(15)10-19/h3-9,17H,2H2,1H3,(H,20,21). The molecule has 0 fully saturated rings. The molecule has 1 atom stereocenters. The second-order valence-corrected chi connectivity index (χ2v) is 6.39. The van der Waals surface area contributed by atoms with Crippen LogP contribution < -0.4 is 5.32 Å². The van der Waals surface area contributed by atoms with Crippen molar-refractivity contribution in [2.24, 2.45) is 0 Å². The molecule has 7 heteroatoms. The number of nitriles is 1. The Hall–Kier alpha value is -2.06. The van der Waals surface area contributed by atoms with Gasteiger partial charge >= 0.3 is 0 Å². The third kappa shape index (κ3) is 4.48. The van der Waals surface area contributed by atoms with Gasteiger partial charge in [-0.3, -0.25) is 9.36 Å². The Morgan fingerprint density at radius 1 is 1.33 bits per heavy atom. The zero-order valence-electron chi connectivity index (χ0n) is 12.8. The molecule has 5 nitrogen and oxygen atoms in total. The fourth-order valence-corrected chi connectivity index (χ4v) is 2.92. The van der Waals surface area contributed by atoms with Crippen molar-refractivity contribution >= 4 is 36.0 Å². The lowest BCUT2D eigenvalue weighted by atomic mass is 10.1. The Balaban J connectivity index is 2.16. The third-order valence-electron chi connectivity index (χ3n) is 3.23. The fourth-order valence-electron chi connectivity index (χ4n) is 2.06. The summed E-state index contributed by atoms with van der Waals surface area (Å²) < 4.78 is 17.2. The molecule has 2 aromatic rings. The highest BCUT2D eigenvalue weighted by atomic mass is 79.9. The molecular weight excluding hydrogens is 391 g/mol. The second kappa shape index (κ2) is 8.70. The van der Waals surface area contributed by atoms with Crippen LogP contribution in [-0.2, 0) is 9.30 Å². The van der Waals surface area contributed by atoms with Crippen LogP contribution in [0.15, 0.2) is 46.9 Å². The van der Waals surface area contributed by atoms with E-state index >= 15 is 0 Å². The van der Waals surface area contributed by atoms with Crippen molar-refractivity contribution in [2.75, 3.05) is 11.9 Å². The highest BCUT2D eigenvalue weighted by molar-refractivity contribution is 9.10. The van der Waals surface area contributed by atoms with Crippen LogP contribution in [-0.4, -0.2) is 12.5 Å². The monoisotopic (exact) mass is 404 g/mol. The zero-order chi connectivity index (χ0) is 17.5. The number of carbonyl (C=O) groups excluding carboxylic acids is 1. The van der Waals surface area contributed by atoms with E-state index in [2.05, 4.69) is 21.2 Å². The van der Waals surface area contributed by atoms with Crippen LogP contribution in [0.5, 0.6) is 0 Å². The van der Waals surface area contributed by atoms with E-state index in [0.717, 1.165) is 10.0 Å². The minimum atomic E-state index is -0.538. The summed E-state index contributed by atoms with van der Waals surface area (Å²) in [6.07, 6.45) is 0. The maximum absolute atomic E-state index is 12.3. The summed E-state index contributed by atoms with van der Waals surface area (Å²) in [5.41, 5.74) is 1.98. The predicted molar refractivity (Wildman–Crippen MR) is 95.2 cm³/mol. The largest absolute Gasteiger partial charge is 0.362 e. The predicted octanol–water partition coefficient (Wildman–Crippen LogP) is 4.90. The number of carbonyl (C=O) groups is 1. The van der Waals surface area contributed by atoms with Gasteiger partial charge in [0.05, 0.1) is 11.3 Å². The molecule has 0 aliphatic heterocycles. The van der Waals surface area contributed by atoms with Crippen molar-refractivity contribution in [1.29, 1.82) is 5.26 Å². The molecule has 0 aliphatic carbocycles. The second-order valence-electron chi connectivity index (χ2n) is 4.79. The smallest absolute Gasteiger partial charge is 0.255 e. The first-order chi connectivity index (χ1) is 11.6. The van der Waals surface area contributed by atoms with E-state index < -0.39 is 5.85 Å². The molecule has 0 radical (unpaired) electrons. The van der Waals surface area contributed by atoms with E-state index in [4.69, 9.17) is 10.00 Å². The maximum Gasteiger partial charge on any atom is 0.255 e. The van der Waals surface area contributed by atoms with Gasteiger partial charge in [-0.2, -0.15) is 5.26 Å². The average Bonchev–Trinajstić information content (AvgIpc) is 2.61. The van der Waals surface area contributed by atoms with Crippen LogP contribution in [0.25, 0.3) is 0 Å². The van der Waals surface area contributed by atoms with Gasteiger partial charge in [-0.15, -0.1) is 0 Å². The summed E-state index contributed by atoms with van der Waals surface area (Å²) in [5, 5.41) is 11.9. The minimum Gasteiger partial charge on any atom is -0.362 e. The molecule has 2 aromatic carbocycles. The Morgan fingerprint density at radius 3 is 2.62 bits per heavy atom. The highest BCUT2D eigenvalue weighted by Crippen LogP contribution is 2.28. The van der Waals surface area contributed by atoms with Crippen LogP contribution in [0.3, 0.4) is 0 Å². The first kappa shape index (κ1) is 18.3. The van der Waals surface area contributed by atoms with Gasteiger partial charge < -0.3 is 10.1 Å². The third-order valence-corrected chi connectivity index (χ3v) is 4.36. The molecule has 24 heavy (non-hydrogen) atoms. The molecular formula is C17H14BrN2O3P. The first-order valence-electron chi connectivity index (χ1n) is 7.14. The van der Waals surface area contributed by atoms with Crippen LogP contribution >= 0.6 is 24.4 Å². The van der Waals surface area contributed by atoms with E-state index in [9.17, 15) is 9.36 Å². The van der Waals surface area contributed by atoms with Gasteiger partial charge in [0, 0.05) is 16.6 Å². The number of benzene rings is 2. The van der Waals surface area contributed by atoms with Crippen molar-refractivity contribution in [3.05, 3.63) is 63.6 Å². The summed E-state index contributed by atoms with van der Waals surface area (Å²) in [4.78, 5) is 12.3. The summed E-state index contributed by atoms with van der Waals surface area (Å²) >= 11 is 3.29. The quantitative estimate of drug-likeness (QED) is 0.694. The number of amides is 1. The molecule has 0 aliphatic rings. The Labute approximate surface area is 150 Å². The van der Waals surface area contributed by atoms with Crippen molar-refractivity contribution in [3.8, 4) is 6.07 Å². The highest BCUT2D eigenvalue weighted by Gasteiger charge is 2.13. The van der Waals surface area contributed by atoms with Crippen LogP contribution in [0.2, 0.25) is 0 Å². The minimum absolute atomic E-state index is 0.128. The Kier molecular flexibility index (Phi) is 6.62. The molecule has 0 saturated carbocycles. The molecule has 122 valence electrons. The van der Waals surface area contributed by atoms with Crippen molar-refractivity contribution in [3.63, 3.8) is 0 Å². The number of rotatable bonds is 6. The van der Waals surface area contributed by atoms with Gasteiger partial charge in [-0.25, -0.2) is 0 Å². The Morgan fingerprint density at radius 2 is 2.04 bits per heavy atom. The van der Waals surface area contributed by atoms with Crippen LogP contribution in [0, 0.1) is 11.3 Å². The normalized spacial score (nSPS) is 11.7. The summed E-state index contributed by atoms with van der Waals surface area (Å²) in [5.74, 6) is -0.864. The topological polar surface area (TPSA) is 79.2 Å². The lowest BCUT2D eigenvalue weighted by Gasteiger charge is -2.11. The van der Waals surface area contributed by atoms with E-state index in [-0.39, 0.29) is 14.4 Å². The number of hydrogen-bond acceptors (Lipinski definition) is 4. The number of hydrogen-bond donors (Lipinski definition) is 1. The number of nitrogens with one attached hydrogen (secondary N) is 1. The number of halogens is 1. The number of anilines is 1. The fraction of sp³-hybridized carbons (Fsp3) is 0.176. The first-order valence-corrected chi connectivity index (χ1v) is 8.81. The molecule has 0 spiro atoms. The SMILES string of the molecule is CCOC(P=O)c1ccc(C(=O)Nc2ccc(Br)cc2C#N)cc1. The van der Waals surface area contributed by atoms with E-state index in [0.29, 0.717) is 23.4 Å². The number of nitrogens with zero attached hydrogens (tertiary/aromatic N) is 1. The molecule has 0 bridgehead atoms. The Bertz CT molecular complexity index is 787. The lowest BCUT2D eigenvalue weighted by molar-refractivity contribution is 0.102. The van der Waals surface area contributed by atoms with Gasteiger partial charge in [0.25, 0.3) is 5.91 Å². The average molecular weight is 405 g/mol. The van der Waals surface area contributed by atoms with Crippen LogP contribution in [0.4, 0.5) is 5.69 Å². The molecule has 1 N–H and O–H groups in total.